The maximum Gasteiger partial charge on any atom is 0.350 e. The van der Waals surface area contributed by atoms with E-state index in [1.807, 2.05) is 0 Å². The number of aromatic nitrogens is 4. The molecule has 1 atom stereocenters. The molecule has 2 heterocycles. The van der Waals surface area contributed by atoms with Crippen molar-refractivity contribution in [2.75, 3.05) is 7.11 Å². The fraction of sp³-hybridized carbons (Fsp3) is 0.214. The van der Waals surface area contributed by atoms with Crippen LogP contribution in [0.15, 0.2) is 47.7 Å². The number of ether oxygens (including phenoxy) is 1. The van der Waals surface area contributed by atoms with Crippen molar-refractivity contribution < 1.29 is 9.84 Å². The first kappa shape index (κ1) is 13.3. The van der Waals surface area contributed by atoms with E-state index in [0.29, 0.717) is 17.0 Å². The van der Waals surface area contributed by atoms with Gasteiger partial charge in [-0.1, -0.05) is 12.1 Å². The van der Waals surface area contributed by atoms with Gasteiger partial charge in [0.15, 0.2) is 5.65 Å². The molecule has 0 amide bonds. The first-order valence-corrected chi connectivity index (χ1v) is 6.40. The second-order valence-corrected chi connectivity index (χ2v) is 4.56. The highest BCUT2D eigenvalue weighted by molar-refractivity contribution is 5.32. The summed E-state index contributed by atoms with van der Waals surface area (Å²) in [6.07, 6.45) is 3.70. The second kappa shape index (κ2) is 5.37. The molecule has 0 aliphatic rings. The first-order chi connectivity index (χ1) is 10.2. The predicted octanol–water partition coefficient (Wildman–Crippen LogP) is 0.633. The fourth-order valence-electron chi connectivity index (χ4n) is 2.12. The Morgan fingerprint density at radius 1 is 1.43 bits per heavy atom. The number of benzene rings is 1. The van der Waals surface area contributed by atoms with Crippen LogP contribution >= 0.6 is 0 Å². The molecule has 0 fully saturated rings. The normalized spacial score (nSPS) is 12.5. The van der Waals surface area contributed by atoms with Crippen LogP contribution in [0.1, 0.15) is 11.7 Å². The monoisotopic (exact) mass is 286 g/mol. The smallest absolute Gasteiger partial charge is 0.350 e. The molecule has 21 heavy (non-hydrogen) atoms. The van der Waals surface area contributed by atoms with Crippen LogP contribution in [0, 0.1) is 0 Å². The topological polar surface area (TPSA) is 81.7 Å². The minimum Gasteiger partial charge on any atom is -0.497 e. The molecule has 3 aromatic rings. The summed E-state index contributed by atoms with van der Waals surface area (Å²) in [5, 5.41) is 14.4. The number of aliphatic hydroxyl groups is 1. The molecule has 0 aliphatic carbocycles. The van der Waals surface area contributed by atoms with Crippen LogP contribution in [0.5, 0.6) is 5.75 Å². The van der Waals surface area contributed by atoms with Crippen LogP contribution in [0.25, 0.3) is 5.65 Å². The van der Waals surface area contributed by atoms with Crippen LogP contribution in [0.2, 0.25) is 0 Å². The molecule has 1 unspecified atom stereocenters. The van der Waals surface area contributed by atoms with E-state index in [2.05, 4.69) is 10.1 Å². The lowest BCUT2D eigenvalue weighted by Gasteiger charge is -2.11. The van der Waals surface area contributed by atoms with Gasteiger partial charge in [-0.25, -0.2) is 13.9 Å². The maximum absolute atomic E-state index is 12.1. The molecular weight excluding hydrogens is 272 g/mol. The van der Waals surface area contributed by atoms with Crippen molar-refractivity contribution in [2.24, 2.45) is 0 Å². The van der Waals surface area contributed by atoms with Gasteiger partial charge in [0.2, 0.25) is 0 Å². The molecular formula is C14H14N4O3. The van der Waals surface area contributed by atoms with Gasteiger partial charge in [-0.3, -0.25) is 4.98 Å². The molecule has 7 nitrogen and oxygen atoms in total. The zero-order valence-electron chi connectivity index (χ0n) is 11.4. The number of aliphatic hydroxyl groups excluding tert-OH is 1. The summed E-state index contributed by atoms with van der Waals surface area (Å²) in [7, 11) is 1.56. The van der Waals surface area contributed by atoms with Crippen molar-refractivity contribution in [3.8, 4) is 5.75 Å². The number of rotatable bonds is 4. The van der Waals surface area contributed by atoms with Gasteiger partial charge in [-0.05, 0) is 17.7 Å². The highest BCUT2D eigenvalue weighted by Gasteiger charge is 2.13. The Morgan fingerprint density at radius 2 is 2.29 bits per heavy atom. The molecule has 1 N–H and O–H groups in total. The Balaban J connectivity index is 1.90. The largest absolute Gasteiger partial charge is 0.497 e. The van der Waals surface area contributed by atoms with Gasteiger partial charge in [0, 0.05) is 12.4 Å². The van der Waals surface area contributed by atoms with Crippen LogP contribution in [-0.2, 0) is 6.54 Å². The average molecular weight is 286 g/mol. The van der Waals surface area contributed by atoms with Gasteiger partial charge in [0.1, 0.15) is 5.75 Å². The number of fused-ring (bicyclic) bond motifs is 1. The van der Waals surface area contributed by atoms with Gasteiger partial charge in [-0.15, -0.1) is 5.10 Å². The number of hydrogen-bond donors (Lipinski definition) is 1. The highest BCUT2D eigenvalue weighted by atomic mass is 16.5. The third-order valence-corrected chi connectivity index (χ3v) is 3.21. The molecule has 2 aromatic heterocycles. The zero-order chi connectivity index (χ0) is 14.8. The summed E-state index contributed by atoms with van der Waals surface area (Å²) in [6.45, 7) is 0.0632. The van der Waals surface area contributed by atoms with Crippen molar-refractivity contribution in [3.63, 3.8) is 0 Å². The summed E-state index contributed by atoms with van der Waals surface area (Å²) >= 11 is 0. The minimum atomic E-state index is -0.851. The van der Waals surface area contributed by atoms with Crippen LogP contribution in [0.3, 0.4) is 0 Å². The van der Waals surface area contributed by atoms with E-state index in [1.54, 1.807) is 37.6 Å². The first-order valence-electron chi connectivity index (χ1n) is 6.40. The van der Waals surface area contributed by atoms with Gasteiger partial charge in [0.05, 0.1) is 26.0 Å². The van der Waals surface area contributed by atoms with Crippen molar-refractivity contribution in [3.05, 3.63) is 58.9 Å². The third-order valence-electron chi connectivity index (χ3n) is 3.21. The number of hydrogen-bond acceptors (Lipinski definition) is 5. The number of nitrogens with zero attached hydrogens (tertiary/aromatic N) is 4. The minimum absolute atomic E-state index is 0.0632. The van der Waals surface area contributed by atoms with E-state index < -0.39 is 6.10 Å². The third kappa shape index (κ3) is 2.50. The van der Waals surface area contributed by atoms with Crippen LogP contribution in [0.4, 0.5) is 0 Å². The lowest BCUT2D eigenvalue weighted by molar-refractivity contribution is 0.149. The molecule has 0 saturated carbocycles. The molecule has 7 heteroatoms. The molecule has 0 spiro atoms. The fourth-order valence-corrected chi connectivity index (χ4v) is 2.12. The molecule has 0 bridgehead atoms. The van der Waals surface area contributed by atoms with Gasteiger partial charge >= 0.3 is 5.69 Å². The van der Waals surface area contributed by atoms with E-state index in [9.17, 15) is 9.90 Å². The Hall–Kier alpha value is -2.67. The Bertz CT molecular complexity index is 824. The quantitative estimate of drug-likeness (QED) is 0.761. The van der Waals surface area contributed by atoms with E-state index in [4.69, 9.17) is 4.74 Å². The van der Waals surface area contributed by atoms with Gasteiger partial charge in [-0.2, -0.15) is 0 Å². The summed E-state index contributed by atoms with van der Waals surface area (Å²) in [5.74, 6) is 0.651. The summed E-state index contributed by atoms with van der Waals surface area (Å²) in [6, 6.07) is 7.08. The standard InChI is InChI=1S/C14H14N4O3/c1-21-11-4-2-3-10(7-11)12(19)9-18-14(20)17-6-5-15-8-13(17)16-18/h2-8,12,19H,9H2,1H3. The van der Waals surface area contributed by atoms with Gasteiger partial charge in [0.25, 0.3) is 0 Å². The van der Waals surface area contributed by atoms with E-state index >= 15 is 0 Å². The molecule has 1 aromatic carbocycles. The molecule has 0 radical (unpaired) electrons. The Kier molecular flexibility index (Phi) is 3.41. The molecule has 3 rings (SSSR count). The van der Waals surface area contributed by atoms with Gasteiger partial charge < -0.3 is 9.84 Å². The van der Waals surface area contributed by atoms with Crippen molar-refractivity contribution in [2.45, 2.75) is 12.6 Å². The van der Waals surface area contributed by atoms with E-state index in [0.717, 1.165) is 0 Å². The van der Waals surface area contributed by atoms with E-state index in [-0.39, 0.29) is 12.2 Å². The van der Waals surface area contributed by atoms with Crippen molar-refractivity contribution in [1.82, 2.24) is 19.2 Å². The summed E-state index contributed by atoms with van der Waals surface area (Å²) in [5.41, 5.74) is 0.797. The predicted molar refractivity (Wildman–Crippen MR) is 75.2 cm³/mol. The number of methoxy groups -OCH3 is 1. The highest BCUT2D eigenvalue weighted by Crippen LogP contribution is 2.19. The average Bonchev–Trinajstić information content (AvgIpc) is 2.84. The maximum atomic E-state index is 12.1. The van der Waals surface area contributed by atoms with Crippen molar-refractivity contribution >= 4 is 5.65 Å². The Morgan fingerprint density at radius 3 is 3.05 bits per heavy atom. The summed E-state index contributed by atoms with van der Waals surface area (Å²) < 4.78 is 7.72. The lowest BCUT2D eigenvalue weighted by Crippen LogP contribution is -2.24. The van der Waals surface area contributed by atoms with E-state index in [1.165, 1.54) is 21.5 Å². The zero-order valence-corrected chi connectivity index (χ0v) is 11.4. The van der Waals surface area contributed by atoms with Crippen LogP contribution < -0.4 is 10.4 Å². The molecule has 0 aliphatic heterocycles. The SMILES string of the molecule is COc1cccc(C(O)Cn2nc3cnccn3c2=O)c1. The Labute approximate surface area is 120 Å². The lowest BCUT2D eigenvalue weighted by atomic mass is 10.1. The van der Waals surface area contributed by atoms with Crippen LogP contribution in [-0.4, -0.2) is 31.4 Å². The summed E-state index contributed by atoms with van der Waals surface area (Å²) in [4.78, 5) is 16.0. The molecule has 0 saturated heterocycles. The molecule has 108 valence electrons. The second-order valence-electron chi connectivity index (χ2n) is 4.56. The van der Waals surface area contributed by atoms with Crippen molar-refractivity contribution in [1.29, 1.82) is 0 Å².